The number of urea groups is 1. The van der Waals surface area contributed by atoms with Gasteiger partial charge in [0.05, 0.1) is 0 Å². The summed E-state index contributed by atoms with van der Waals surface area (Å²) in [5, 5.41) is 4.70. The van der Waals surface area contributed by atoms with Crippen molar-refractivity contribution in [3.05, 3.63) is 35.0 Å². The molecule has 0 bridgehead atoms. The Kier molecular flexibility index (Phi) is 4.89. The third-order valence-corrected chi connectivity index (χ3v) is 6.39. The van der Waals surface area contributed by atoms with Crippen molar-refractivity contribution in [2.75, 3.05) is 27.2 Å². The van der Waals surface area contributed by atoms with Gasteiger partial charge in [0.2, 0.25) is 0 Å². The van der Waals surface area contributed by atoms with Crippen LogP contribution in [0.1, 0.15) is 49.4 Å². The summed E-state index contributed by atoms with van der Waals surface area (Å²) in [4.78, 5) is 20.2. The van der Waals surface area contributed by atoms with Crippen LogP contribution < -0.4 is 5.32 Å². The van der Waals surface area contributed by atoms with E-state index in [0.29, 0.717) is 12.0 Å². The van der Waals surface area contributed by atoms with Gasteiger partial charge >= 0.3 is 6.03 Å². The molecule has 4 rings (SSSR count). The number of carbonyl (C=O) groups is 1. The fraction of sp³-hybridized carbons (Fsp3) is 0.591. The maximum absolute atomic E-state index is 12.3. The number of amides is 2. The normalized spacial score (nSPS) is 24.7. The highest BCUT2D eigenvalue weighted by Gasteiger charge is 2.41. The molecule has 1 aliphatic carbocycles. The zero-order chi connectivity index (χ0) is 19.1. The minimum atomic E-state index is 0.0134. The summed E-state index contributed by atoms with van der Waals surface area (Å²) >= 11 is 0. The molecule has 1 saturated heterocycles. The van der Waals surface area contributed by atoms with Gasteiger partial charge in [-0.1, -0.05) is 26.0 Å². The van der Waals surface area contributed by atoms with E-state index in [4.69, 9.17) is 0 Å². The van der Waals surface area contributed by atoms with E-state index in [-0.39, 0.29) is 12.1 Å². The van der Waals surface area contributed by atoms with Crippen molar-refractivity contribution in [3.8, 4) is 0 Å². The quantitative estimate of drug-likeness (QED) is 0.868. The van der Waals surface area contributed by atoms with Crippen molar-refractivity contribution in [2.24, 2.45) is 0 Å². The third-order valence-electron chi connectivity index (χ3n) is 6.39. The van der Waals surface area contributed by atoms with Crippen molar-refractivity contribution >= 4 is 16.9 Å². The number of nitrogens with zero attached hydrogens (tertiary/aromatic N) is 2. The Morgan fingerprint density at radius 1 is 1.33 bits per heavy atom. The molecule has 2 aliphatic rings. The maximum atomic E-state index is 12.3. The molecule has 0 spiro atoms. The summed E-state index contributed by atoms with van der Waals surface area (Å²) in [7, 11) is 3.62. The van der Waals surface area contributed by atoms with Crippen LogP contribution in [-0.4, -0.2) is 60.1 Å². The molecule has 27 heavy (non-hydrogen) atoms. The topological polar surface area (TPSA) is 51.4 Å². The minimum absolute atomic E-state index is 0.0134. The zero-order valence-electron chi connectivity index (χ0n) is 17.0. The monoisotopic (exact) mass is 368 g/mol. The van der Waals surface area contributed by atoms with Gasteiger partial charge in [0, 0.05) is 55.2 Å². The molecule has 1 aromatic carbocycles. The van der Waals surface area contributed by atoms with Crippen molar-refractivity contribution in [2.45, 2.75) is 57.5 Å². The lowest BCUT2D eigenvalue weighted by Gasteiger charge is -2.47. The summed E-state index contributed by atoms with van der Waals surface area (Å²) in [6, 6.07) is 7.47. The standard InChI is InChI=1S/C22H32N4O/c1-5-10-26-13-14(23-22(27)25(3)4)11-16-15-8-7-9-19-21(15)17(12-20(16)26)18(6-2)24-19/h7-9,14,16,20,24H,5-6,10-13H2,1-4H3,(H,23,27)/t14-,16+,20+/m0/s1. The van der Waals surface area contributed by atoms with Gasteiger partial charge in [-0.3, -0.25) is 4.90 Å². The Morgan fingerprint density at radius 3 is 2.85 bits per heavy atom. The van der Waals surface area contributed by atoms with Crippen LogP contribution >= 0.6 is 0 Å². The highest BCUT2D eigenvalue weighted by Crippen LogP contribution is 2.44. The summed E-state index contributed by atoms with van der Waals surface area (Å²) < 4.78 is 0. The number of likely N-dealkylation sites (tertiary alicyclic amines) is 1. The number of H-pyrrole nitrogens is 1. The predicted molar refractivity (Wildman–Crippen MR) is 110 cm³/mol. The molecular weight excluding hydrogens is 336 g/mol. The van der Waals surface area contributed by atoms with E-state index in [2.05, 4.69) is 47.2 Å². The van der Waals surface area contributed by atoms with Gasteiger partial charge in [-0.25, -0.2) is 4.79 Å². The van der Waals surface area contributed by atoms with Crippen molar-refractivity contribution in [1.82, 2.24) is 20.1 Å². The van der Waals surface area contributed by atoms with Gasteiger partial charge in [-0.2, -0.15) is 0 Å². The molecule has 1 fully saturated rings. The highest BCUT2D eigenvalue weighted by molar-refractivity contribution is 5.89. The number of piperidine rings is 1. The lowest BCUT2D eigenvalue weighted by molar-refractivity contribution is 0.0989. The summed E-state index contributed by atoms with van der Waals surface area (Å²) in [5.74, 6) is 0.481. The first-order valence-electron chi connectivity index (χ1n) is 10.4. The average Bonchev–Trinajstić information content (AvgIpc) is 3.02. The number of hydrogen-bond donors (Lipinski definition) is 2. The number of benzene rings is 1. The second-order valence-electron chi connectivity index (χ2n) is 8.35. The molecule has 146 valence electrons. The Morgan fingerprint density at radius 2 is 2.15 bits per heavy atom. The second kappa shape index (κ2) is 7.19. The molecule has 2 heterocycles. The molecule has 0 saturated carbocycles. The van der Waals surface area contributed by atoms with Crippen LogP contribution in [-0.2, 0) is 12.8 Å². The van der Waals surface area contributed by atoms with Crippen LogP contribution in [0.25, 0.3) is 10.9 Å². The molecule has 1 aromatic heterocycles. The third kappa shape index (κ3) is 3.12. The lowest BCUT2D eigenvalue weighted by Crippen LogP contribution is -2.57. The van der Waals surface area contributed by atoms with Crippen molar-refractivity contribution in [3.63, 3.8) is 0 Å². The van der Waals surface area contributed by atoms with E-state index in [9.17, 15) is 4.79 Å². The van der Waals surface area contributed by atoms with Crippen LogP contribution in [0.15, 0.2) is 18.2 Å². The number of aromatic nitrogens is 1. The highest BCUT2D eigenvalue weighted by atomic mass is 16.2. The Hall–Kier alpha value is -2.01. The lowest BCUT2D eigenvalue weighted by atomic mass is 9.73. The van der Waals surface area contributed by atoms with Gasteiger partial charge in [-0.15, -0.1) is 0 Å². The van der Waals surface area contributed by atoms with E-state index in [0.717, 1.165) is 38.8 Å². The molecule has 3 atom stereocenters. The molecule has 1 aliphatic heterocycles. The van der Waals surface area contributed by atoms with E-state index in [1.165, 1.54) is 27.7 Å². The number of fused-ring (bicyclic) bond motifs is 2. The van der Waals surface area contributed by atoms with Crippen LogP contribution in [0.4, 0.5) is 4.79 Å². The average molecular weight is 369 g/mol. The largest absolute Gasteiger partial charge is 0.358 e. The number of nitrogens with one attached hydrogen (secondary N) is 2. The first-order valence-corrected chi connectivity index (χ1v) is 10.4. The first kappa shape index (κ1) is 18.4. The molecule has 5 nitrogen and oxygen atoms in total. The van der Waals surface area contributed by atoms with Crippen molar-refractivity contribution in [1.29, 1.82) is 0 Å². The van der Waals surface area contributed by atoms with E-state index in [1.807, 2.05) is 14.1 Å². The number of carbonyl (C=O) groups excluding carboxylic acids is 1. The van der Waals surface area contributed by atoms with Crippen molar-refractivity contribution < 1.29 is 4.79 Å². The van der Waals surface area contributed by atoms with Gasteiger partial charge in [0.25, 0.3) is 0 Å². The number of hydrogen-bond acceptors (Lipinski definition) is 2. The molecule has 5 heteroatoms. The van der Waals surface area contributed by atoms with E-state index >= 15 is 0 Å². The SMILES string of the molecule is CCCN1C[C@@H](NC(=O)N(C)C)C[C@@H]2c3cccc4[nH]c(CC)c(c34)C[C@H]21. The van der Waals surface area contributed by atoms with Gasteiger partial charge in [0.1, 0.15) is 0 Å². The van der Waals surface area contributed by atoms with Gasteiger partial charge < -0.3 is 15.2 Å². The van der Waals surface area contributed by atoms with Crippen LogP contribution in [0.2, 0.25) is 0 Å². The smallest absolute Gasteiger partial charge is 0.317 e. The Balaban J connectivity index is 1.72. The molecule has 2 aromatic rings. The second-order valence-corrected chi connectivity index (χ2v) is 8.35. The van der Waals surface area contributed by atoms with Gasteiger partial charge in [0.15, 0.2) is 0 Å². The first-order chi connectivity index (χ1) is 13.0. The van der Waals surface area contributed by atoms with Crippen LogP contribution in [0, 0.1) is 0 Å². The number of aromatic amines is 1. The van der Waals surface area contributed by atoms with Crippen LogP contribution in [0.3, 0.4) is 0 Å². The fourth-order valence-corrected chi connectivity index (χ4v) is 5.21. The number of rotatable bonds is 4. The fourth-order valence-electron chi connectivity index (χ4n) is 5.21. The molecule has 0 unspecified atom stereocenters. The summed E-state index contributed by atoms with van der Waals surface area (Å²) in [6.45, 7) is 6.53. The predicted octanol–water partition coefficient (Wildman–Crippen LogP) is 3.49. The Bertz CT molecular complexity index is 840. The number of aryl methyl sites for hydroxylation is 1. The zero-order valence-corrected chi connectivity index (χ0v) is 17.0. The molecule has 2 amide bonds. The van der Waals surface area contributed by atoms with E-state index < -0.39 is 0 Å². The Labute approximate surface area is 162 Å². The maximum Gasteiger partial charge on any atom is 0.317 e. The van der Waals surface area contributed by atoms with Gasteiger partial charge in [-0.05, 0) is 49.4 Å². The molecule has 2 N–H and O–H groups in total. The van der Waals surface area contributed by atoms with E-state index in [1.54, 1.807) is 4.90 Å². The van der Waals surface area contributed by atoms with Crippen LogP contribution in [0.5, 0.6) is 0 Å². The molecular formula is C22H32N4O. The summed E-state index contributed by atoms with van der Waals surface area (Å²) in [6.07, 6.45) is 4.34. The minimum Gasteiger partial charge on any atom is -0.358 e. The summed E-state index contributed by atoms with van der Waals surface area (Å²) in [5.41, 5.74) is 5.68. The molecule has 0 radical (unpaired) electrons.